The van der Waals surface area contributed by atoms with E-state index in [1.165, 1.54) is 0 Å². The molecule has 2 aliphatic rings. The van der Waals surface area contributed by atoms with E-state index in [1.807, 2.05) is 0 Å². The Morgan fingerprint density at radius 3 is 2.83 bits per heavy atom. The molecule has 2 rings (SSSR count). The Balaban J connectivity index is 2.01. The van der Waals surface area contributed by atoms with Crippen LogP contribution in [0.3, 0.4) is 0 Å². The van der Waals surface area contributed by atoms with Crippen molar-refractivity contribution in [1.29, 1.82) is 0 Å². The molecule has 0 aromatic heterocycles. The van der Waals surface area contributed by atoms with Gasteiger partial charge in [-0.3, -0.25) is 0 Å². The minimum atomic E-state index is -0.848. The van der Waals surface area contributed by atoms with Gasteiger partial charge in [0, 0.05) is 13.0 Å². The zero-order chi connectivity index (χ0) is 8.60. The molecule has 0 amide bonds. The highest BCUT2D eigenvalue weighted by atomic mass is 16.6. The molecule has 68 valence electrons. The average Bonchev–Trinajstić information content (AvgIpc) is 2.62. The van der Waals surface area contributed by atoms with Gasteiger partial charge in [-0.1, -0.05) is 0 Å². The Kier molecular flexibility index (Phi) is 1.81. The molecule has 1 N–H and O–H groups in total. The fourth-order valence-electron chi connectivity index (χ4n) is 1.87. The molecule has 0 saturated carbocycles. The smallest absolute Gasteiger partial charge is 0.332 e. The van der Waals surface area contributed by atoms with Crippen LogP contribution < -0.4 is 0 Å². The van der Waals surface area contributed by atoms with E-state index in [4.69, 9.17) is 14.6 Å². The monoisotopic (exact) mass is 172 g/mol. The van der Waals surface area contributed by atoms with Crippen molar-refractivity contribution < 1.29 is 19.4 Å². The van der Waals surface area contributed by atoms with E-state index in [0.29, 0.717) is 19.6 Å². The van der Waals surface area contributed by atoms with Crippen LogP contribution in [0, 0.1) is 0 Å². The van der Waals surface area contributed by atoms with Crippen LogP contribution in [0.1, 0.15) is 19.3 Å². The molecule has 12 heavy (non-hydrogen) atoms. The average molecular weight is 172 g/mol. The molecule has 2 aliphatic heterocycles. The molecule has 0 aromatic rings. The Morgan fingerprint density at radius 2 is 2.33 bits per heavy atom. The van der Waals surface area contributed by atoms with Crippen LogP contribution in [-0.4, -0.2) is 36.0 Å². The van der Waals surface area contributed by atoms with E-state index < -0.39 is 12.1 Å². The van der Waals surface area contributed by atoms with Crippen LogP contribution in [0.15, 0.2) is 0 Å². The second-order valence-electron chi connectivity index (χ2n) is 3.47. The normalized spacial score (nSPS) is 40.8. The predicted molar refractivity (Wildman–Crippen MR) is 39.9 cm³/mol. The molecule has 0 aliphatic carbocycles. The number of hydrogen-bond acceptors (Lipinski definition) is 3. The lowest BCUT2D eigenvalue weighted by Gasteiger charge is -2.20. The van der Waals surface area contributed by atoms with Crippen LogP contribution in [0.5, 0.6) is 0 Å². The number of carboxylic acids is 1. The van der Waals surface area contributed by atoms with Gasteiger partial charge in [-0.25, -0.2) is 4.79 Å². The van der Waals surface area contributed by atoms with Crippen molar-refractivity contribution in [2.24, 2.45) is 0 Å². The van der Waals surface area contributed by atoms with E-state index in [0.717, 1.165) is 12.8 Å². The second kappa shape index (κ2) is 2.71. The molecule has 0 aromatic carbocycles. The highest BCUT2D eigenvalue weighted by molar-refractivity contribution is 5.72. The highest BCUT2D eigenvalue weighted by Gasteiger charge is 2.45. The summed E-state index contributed by atoms with van der Waals surface area (Å²) in [5.41, 5.74) is -0.261. The lowest BCUT2D eigenvalue weighted by atomic mass is 9.99. The summed E-state index contributed by atoms with van der Waals surface area (Å²) in [7, 11) is 0. The minimum absolute atomic E-state index is 0.261. The van der Waals surface area contributed by atoms with Gasteiger partial charge in [-0.05, 0) is 12.8 Å². The Hall–Kier alpha value is -0.610. The molecular weight excluding hydrogens is 160 g/mol. The minimum Gasteiger partial charge on any atom is -0.479 e. The first-order valence-corrected chi connectivity index (χ1v) is 4.20. The van der Waals surface area contributed by atoms with E-state index in [-0.39, 0.29) is 5.60 Å². The van der Waals surface area contributed by atoms with Crippen LogP contribution in [0.2, 0.25) is 0 Å². The third-order valence-corrected chi connectivity index (χ3v) is 2.60. The van der Waals surface area contributed by atoms with Crippen molar-refractivity contribution in [3.8, 4) is 0 Å². The lowest BCUT2D eigenvalue weighted by molar-refractivity contribution is -0.154. The fraction of sp³-hybridized carbons (Fsp3) is 0.875. The molecule has 2 saturated heterocycles. The zero-order valence-electron chi connectivity index (χ0n) is 6.78. The molecule has 4 nitrogen and oxygen atoms in total. The summed E-state index contributed by atoms with van der Waals surface area (Å²) in [5.74, 6) is -0.848. The number of carboxylic acid groups (broad SMARTS) is 1. The summed E-state index contributed by atoms with van der Waals surface area (Å²) >= 11 is 0. The highest BCUT2D eigenvalue weighted by Crippen LogP contribution is 2.36. The maximum atomic E-state index is 10.6. The summed E-state index contributed by atoms with van der Waals surface area (Å²) in [6.45, 7) is 1.27. The summed E-state index contributed by atoms with van der Waals surface area (Å²) in [5, 5.41) is 8.69. The van der Waals surface area contributed by atoms with Crippen LogP contribution in [0.25, 0.3) is 0 Å². The summed E-state index contributed by atoms with van der Waals surface area (Å²) < 4.78 is 10.6. The van der Waals surface area contributed by atoms with Crippen LogP contribution in [-0.2, 0) is 14.3 Å². The Bertz CT molecular complexity index is 195. The molecule has 0 radical (unpaired) electrons. The molecule has 0 bridgehead atoms. The predicted octanol–water partition coefficient (Wildman–Crippen LogP) is 0.409. The molecule has 2 heterocycles. The van der Waals surface area contributed by atoms with Crippen molar-refractivity contribution in [2.45, 2.75) is 31.0 Å². The first-order valence-electron chi connectivity index (χ1n) is 4.20. The van der Waals surface area contributed by atoms with Gasteiger partial charge in [-0.15, -0.1) is 0 Å². The standard InChI is InChI=1S/C8H12O4/c9-7(10)6-1-2-8(12-6)3-4-11-5-8/h6H,1-5H2,(H,9,10). The molecule has 2 unspecified atom stereocenters. The molecule has 2 fully saturated rings. The second-order valence-corrected chi connectivity index (χ2v) is 3.47. The van der Waals surface area contributed by atoms with Gasteiger partial charge in [0.2, 0.25) is 0 Å². The third kappa shape index (κ3) is 1.21. The van der Waals surface area contributed by atoms with Gasteiger partial charge in [0.25, 0.3) is 0 Å². The van der Waals surface area contributed by atoms with E-state index in [2.05, 4.69) is 0 Å². The SMILES string of the molecule is O=C(O)C1CCC2(CCOC2)O1. The Labute approximate surface area is 70.5 Å². The summed E-state index contributed by atoms with van der Waals surface area (Å²) in [6.07, 6.45) is 1.69. The van der Waals surface area contributed by atoms with Crippen molar-refractivity contribution in [3.63, 3.8) is 0 Å². The number of ether oxygens (including phenoxy) is 2. The number of hydrogen-bond donors (Lipinski definition) is 1. The van der Waals surface area contributed by atoms with E-state index >= 15 is 0 Å². The molecule has 4 heteroatoms. The number of aliphatic carboxylic acids is 1. The number of rotatable bonds is 1. The third-order valence-electron chi connectivity index (χ3n) is 2.60. The van der Waals surface area contributed by atoms with Gasteiger partial charge in [-0.2, -0.15) is 0 Å². The first kappa shape index (κ1) is 8.01. The lowest BCUT2D eigenvalue weighted by Crippen LogP contribution is -2.31. The summed E-state index contributed by atoms with van der Waals surface area (Å²) in [4.78, 5) is 10.6. The van der Waals surface area contributed by atoms with Gasteiger partial charge < -0.3 is 14.6 Å². The molecule has 1 spiro atoms. The summed E-state index contributed by atoms with van der Waals surface area (Å²) in [6, 6.07) is 0. The van der Waals surface area contributed by atoms with Crippen molar-refractivity contribution in [3.05, 3.63) is 0 Å². The van der Waals surface area contributed by atoms with E-state index in [1.54, 1.807) is 0 Å². The topological polar surface area (TPSA) is 55.8 Å². The fourth-order valence-corrected chi connectivity index (χ4v) is 1.87. The number of carbonyl (C=O) groups is 1. The first-order chi connectivity index (χ1) is 5.72. The Morgan fingerprint density at radius 1 is 1.50 bits per heavy atom. The van der Waals surface area contributed by atoms with E-state index in [9.17, 15) is 4.79 Å². The van der Waals surface area contributed by atoms with Crippen LogP contribution >= 0.6 is 0 Å². The van der Waals surface area contributed by atoms with Gasteiger partial charge in [0.15, 0.2) is 6.10 Å². The van der Waals surface area contributed by atoms with Gasteiger partial charge in [0.05, 0.1) is 12.2 Å². The zero-order valence-corrected chi connectivity index (χ0v) is 6.78. The molecule has 2 atom stereocenters. The molecular formula is C8H12O4. The maximum Gasteiger partial charge on any atom is 0.332 e. The van der Waals surface area contributed by atoms with Crippen LogP contribution in [0.4, 0.5) is 0 Å². The largest absolute Gasteiger partial charge is 0.479 e. The van der Waals surface area contributed by atoms with Crippen molar-refractivity contribution in [1.82, 2.24) is 0 Å². The van der Waals surface area contributed by atoms with Crippen molar-refractivity contribution in [2.75, 3.05) is 13.2 Å². The van der Waals surface area contributed by atoms with Crippen molar-refractivity contribution >= 4 is 5.97 Å². The van der Waals surface area contributed by atoms with Gasteiger partial charge in [0.1, 0.15) is 0 Å². The van der Waals surface area contributed by atoms with Gasteiger partial charge >= 0.3 is 5.97 Å². The quantitative estimate of drug-likeness (QED) is 0.622. The maximum absolute atomic E-state index is 10.6.